The quantitative estimate of drug-likeness (QED) is 0.797. The molecule has 0 unspecified atom stereocenters. The Balaban J connectivity index is 1.77. The van der Waals surface area contributed by atoms with Crippen LogP contribution in [0.1, 0.15) is 38.0 Å². The van der Waals surface area contributed by atoms with Crippen molar-refractivity contribution in [3.05, 3.63) is 30.2 Å². The van der Waals surface area contributed by atoms with Crippen LogP contribution in [0.4, 0.5) is 13.2 Å². The Kier molecular flexibility index (Phi) is 4.42. The molecule has 0 aliphatic heterocycles. The minimum atomic E-state index is -4.62. The van der Waals surface area contributed by atoms with E-state index in [0.29, 0.717) is 10.8 Å². The maximum absolute atomic E-state index is 12.5. The monoisotopic (exact) mass is 327 g/mol. The van der Waals surface area contributed by atoms with E-state index >= 15 is 0 Å². The van der Waals surface area contributed by atoms with Crippen LogP contribution in [0.25, 0.3) is 11.4 Å². The zero-order valence-electron chi connectivity index (χ0n) is 11.7. The molecule has 1 aromatic heterocycles. The van der Waals surface area contributed by atoms with Crippen LogP contribution in [-0.2, 0) is 6.18 Å². The first kappa shape index (κ1) is 15.4. The van der Waals surface area contributed by atoms with E-state index in [1.807, 2.05) is 0 Å². The van der Waals surface area contributed by atoms with Gasteiger partial charge in [-0.05, 0) is 25.0 Å². The molecule has 1 saturated carbocycles. The van der Waals surface area contributed by atoms with Crippen molar-refractivity contribution in [2.24, 2.45) is 0 Å². The Morgan fingerprint density at radius 1 is 1.23 bits per heavy atom. The average Bonchev–Trinajstić information content (AvgIpc) is 2.99. The summed E-state index contributed by atoms with van der Waals surface area (Å²) in [4.78, 5) is 4.32. The highest BCUT2D eigenvalue weighted by atomic mass is 32.2. The first-order valence-corrected chi connectivity index (χ1v) is 8.00. The van der Waals surface area contributed by atoms with Crippen LogP contribution < -0.4 is 0 Å². The number of alkyl halides is 3. The number of aromatic nitrogens is 2. The van der Waals surface area contributed by atoms with E-state index in [9.17, 15) is 13.2 Å². The molecular formula is C15H14F3N2OS. The first-order chi connectivity index (χ1) is 10.5. The Hall–Kier alpha value is -1.50. The number of benzene rings is 1. The summed E-state index contributed by atoms with van der Waals surface area (Å²) in [6.07, 6.45) is 1.47. The summed E-state index contributed by atoms with van der Waals surface area (Å²) in [7, 11) is 0. The van der Waals surface area contributed by atoms with Gasteiger partial charge in [0.25, 0.3) is 0 Å². The molecule has 2 aromatic rings. The first-order valence-electron chi connectivity index (χ1n) is 7.12. The topological polar surface area (TPSA) is 38.9 Å². The van der Waals surface area contributed by atoms with Crippen LogP contribution in [0.5, 0.6) is 0 Å². The summed E-state index contributed by atoms with van der Waals surface area (Å²) in [5.74, 6) is -1.37. The van der Waals surface area contributed by atoms with Gasteiger partial charge in [0.1, 0.15) is 0 Å². The zero-order valence-corrected chi connectivity index (χ0v) is 12.5. The Morgan fingerprint density at radius 3 is 2.68 bits per heavy atom. The van der Waals surface area contributed by atoms with E-state index in [1.54, 1.807) is 30.0 Å². The molecule has 0 bridgehead atoms. The molecule has 1 aromatic carbocycles. The van der Waals surface area contributed by atoms with Crippen molar-refractivity contribution >= 4 is 11.8 Å². The van der Waals surface area contributed by atoms with Crippen LogP contribution in [-0.4, -0.2) is 15.4 Å². The predicted octanol–water partition coefficient (Wildman–Crippen LogP) is 4.98. The number of hydrogen-bond acceptors (Lipinski definition) is 4. The van der Waals surface area contributed by atoms with Gasteiger partial charge in [0, 0.05) is 15.7 Å². The lowest BCUT2D eigenvalue weighted by Crippen LogP contribution is -2.07. The van der Waals surface area contributed by atoms with Gasteiger partial charge in [-0.1, -0.05) is 36.6 Å². The lowest BCUT2D eigenvalue weighted by atomic mass is 10.0. The van der Waals surface area contributed by atoms with E-state index in [-0.39, 0.29) is 5.82 Å². The molecule has 1 heterocycles. The van der Waals surface area contributed by atoms with Gasteiger partial charge < -0.3 is 4.52 Å². The van der Waals surface area contributed by atoms with Crippen LogP contribution >= 0.6 is 11.8 Å². The lowest BCUT2D eigenvalue weighted by Gasteiger charge is -2.20. The van der Waals surface area contributed by atoms with Crippen molar-refractivity contribution in [1.29, 1.82) is 0 Å². The highest BCUT2D eigenvalue weighted by molar-refractivity contribution is 8.00. The molecule has 3 nitrogen and oxygen atoms in total. The Bertz CT molecular complexity index is 636. The van der Waals surface area contributed by atoms with Gasteiger partial charge >= 0.3 is 12.1 Å². The molecule has 0 atom stereocenters. The summed E-state index contributed by atoms with van der Waals surface area (Å²) in [6.45, 7) is 0. The molecule has 1 aliphatic rings. The van der Waals surface area contributed by atoms with Crippen molar-refractivity contribution in [3.63, 3.8) is 0 Å². The predicted molar refractivity (Wildman–Crippen MR) is 76.3 cm³/mol. The van der Waals surface area contributed by atoms with E-state index in [2.05, 4.69) is 20.7 Å². The van der Waals surface area contributed by atoms with Gasteiger partial charge in [0.05, 0.1) is 0 Å². The molecule has 1 fully saturated rings. The fraction of sp³-hybridized carbons (Fsp3) is 0.467. The number of thioether (sulfide) groups is 1. The largest absolute Gasteiger partial charge is 0.471 e. The number of nitrogens with zero attached hydrogens (tertiary/aromatic N) is 2. The maximum atomic E-state index is 12.5. The van der Waals surface area contributed by atoms with Gasteiger partial charge in [-0.25, -0.2) is 0 Å². The summed E-state index contributed by atoms with van der Waals surface area (Å²) in [5, 5.41) is 3.96. The van der Waals surface area contributed by atoms with Crippen LogP contribution in [0.3, 0.4) is 0 Å². The second-order valence-electron chi connectivity index (χ2n) is 5.24. The van der Waals surface area contributed by atoms with Gasteiger partial charge in [-0.15, -0.1) is 11.8 Å². The molecule has 0 saturated heterocycles. The molecule has 7 heteroatoms. The Labute approximate surface area is 130 Å². The minimum Gasteiger partial charge on any atom is -0.329 e. The third-order valence-corrected chi connectivity index (χ3v) is 4.84. The third-order valence-electron chi connectivity index (χ3n) is 3.55. The van der Waals surface area contributed by atoms with Crippen molar-refractivity contribution in [3.8, 4) is 11.4 Å². The van der Waals surface area contributed by atoms with Gasteiger partial charge in [0.2, 0.25) is 5.82 Å². The van der Waals surface area contributed by atoms with E-state index in [4.69, 9.17) is 0 Å². The number of rotatable bonds is 3. The maximum Gasteiger partial charge on any atom is 0.471 e. The van der Waals surface area contributed by atoms with Crippen molar-refractivity contribution in [2.75, 3.05) is 0 Å². The highest BCUT2D eigenvalue weighted by Gasteiger charge is 2.38. The van der Waals surface area contributed by atoms with Crippen LogP contribution in [0.2, 0.25) is 0 Å². The fourth-order valence-electron chi connectivity index (χ4n) is 2.47. The fourth-order valence-corrected chi connectivity index (χ4v) is 3.73. The van der Waals surface area contributed by atoms with Gasteiger partial charge in [0.15, 0.2) is 0 Å². The van der Waals surface area contributed by atoms with Gasteiger partial charge in [-0.2, -0.15) is 18.2 Å². The van der Waals surface area contributed by atoms with E-state index < -0.39 is 12.1 Å². The second-order valence-corrected chi connectivity index (χ2v) is 6.58. The molecule has 117 valence electrons. The third kappa shape index (κ3) is 3.63. The zero-order chi connectivity index (χ0) is 15.6. The summed E-state index contributed by atoms with van der Waals surface area (Å²) < 4.78 is 41.8. The molecule has 0 N–H and O–H groups in total. The molecule has 1 radical (unpaired) electrons. The minimum absolute atomic E-state index is 0.0492. The standard InChI is InChI=1S/C15H14F3N2OS/c16-15(17,18)14-19-13(20-21-14)10-5-4-8-12(9-10)22-11-6-2-1-3-7-11/h4-5,9,11H,1-3,6-7H2. The average molecular weight is 327 g/mol. The van der Waals surface area contributed by atoms with Crippen molar-refractivity contribution < 1.29 is 17.7 Å². The summed E-state index contributed by atoms with van der Waals surface area (Å²) in [5.41, 5.74) is 0.510. The lowest BCUT2D eigenvalue weighted by molar-refractivity contribution is -0.159. The number of halogens is 3. The molecule has 3 rings (SSSR count). The highest BCUT2D eigenvalue weighted by Crippen LogP contribution is 2.35. The Morgan fingerprint density at radius 2 is 2.00 bits per heavy atom. The summed E-state index contributed by atoms with van der Waals surface area (Å²) in [6, 6.07) is 8.21. The van der Waals surface area contributed by atoms with Crippen molar-refractivity contribution in [2.45, 2.75) is 48.4 Å². The summed E-state index contributed by atoms with van der Waals surface area (Å²) >= 11 is 1.72. The molecule has 0 spiro atoms. The smallest absolute Gasteiger partial charge is 0.329 e. The second kappa shape index (κ2) is 6.32. The van der Waals surface area contributed by atoms with Crippen LogP contribution in [0.15, 0.2) is 27.6 Å². The van der Waals surface area contributed by atoms with Crippen molar-refractivity contribution in [1.82, 2.24) is 10.1 Å². The van der Waals surface area contributed by atoms with Gasteiger partial charge in [-0.3, -0.25) is 0 Å². The molecule has 22 heavy (non-hydrogen) atoms. The molecular weight excluding hydrogens is 313 g/mol. The normalized spacial score (nSPS) is 16.9. The number of hydrogen-bond donors (Lipinski definition) is 0. The SMILES string of the molecule is FC(F)(F)c1nc(-c2cc[c]c(SC3CCCCC3)c2)no1. The molecule has 1 aliphatic carbocycles. The van der Waals surface area contributed by atoms with Crippen LogP contribution in [0, 0.1) is 6.07 Å². The molecule has 0 amide bonds. The van der Waals surface area contributed by atoms with E-state index in [0.717, 1.165) is 4.90 Å². The van der Waals surface area contributed by atoms with E-state index in [1.165, 1.54) is 32.1 Å².